The molecule has 0 saturated heterocycles. The number of aromatic nitrogens is 3. The topological polar surface area (TPSA) is 30.7 Å². The first-order valence-corrected chi connectivity index (χ1v) is 10.4. The third-order valence-corrected chi connectivity index (χ3v) is 6.07. The number of benzene rings is 2. The van der Waals surface area contributed by atoms with E-state index in [0.29, 0.717) is 0 Å². The molecule has 0 amide bonds. The molecule has 0 N–H and O–H groups in total. The smallest absolute Gasteiger partial charge is 0.211 e. The lowest BCUT2D eigenvalue weighted by molar-refractivity contribution is 0.800. The molecule has 2 heterocycles. The van der Waals surface area contributed by atoms with Crippen LogP contribution in [0.1, 0.15) is 30.2 Å². The van der Waals surface area contributed by atoms with E-state index in [1.165, 1.54) is 28.1 Å². The van der Waals surface area contributed by atoms with Crippen molar-refractivity contribution in [1.82, 2.24) is 14.8 Å². The molecule has 0 radical (unpaired) electrons. The number of nitrogens with zero attached hydrogens (tertiary/aromatic N) is 3. The molecule has 2 aromatic heterocycles. The number of halogens is 1. The van der Waals surface area contributed by atoms with Gasteiger partial charge in [0.25, 0.3) is 0 Å². The Hall–Kier alpha value is -2.43. The van der Waals surface area contributed by atoms with E-state index in [1.54, 1.807) is 11.3 Å². The van der Waals surface area contributed by atoms with Crippen molar-refractivity contribution in [1.29, 1.82) is 0 Å². The fourth-order valence-corrected chi connectivity index (χ4v) is 4.66. The summed E-state index contributed by atoms with van der Waals surface area (Å²) in [5, 5.41) is 8.69. The van der Waals surface area contributed by atoms with E-state index in [4.69, 9.17) is 21.7 Å². The molecule has 0 bridgehead atoms. The minimum absolute atomic E-state index is 0.736. The summed E-state index contributed by atoms with van der Waals surface area (Å²) < 4.78 is 2.05. The van der Waals surface area contributed by atoms with Crippen LogP contribution in [-0.4, -0.2) is 14.8 Å². The van der Waals surface area contributed by atoms with Crippen LogP contribution in [0.25, 0.3) is 27.6 Å². The normalized spacial score (nSPS) is 12.2. The van der Waals surface area contributed by atoms with Gasteiger partial charge in [0.1, 0.15) is 0 Å². The van der Waals surface area contributed by atoms with Gasteiger partial charge in [-0.3, -0.25) is 0 Å². The van der Waals surface area contributed by atoms with Gasteiger partial charge in [-0.1, -0.05) is 61.3 Å². The zero-order chi connectivity index (χ0) is 18.4. The summed E-state index contributed by atoms with van der Waals surface area (Å²) in [4.78, 5) is 4.88. The molecule has 0 atom stereocenters. The minimum atomic E-state index is 0.736. The SMILES string of the molecule is CCCc1nn(-c2nc(-c3ccc(Cl)cc3)cs2)c2c1Cc1ccccc1-2. The van der Waals surface area contributed by atoms with Crippen molar-refractivity contribution >= 4 is 22.9 Å². The molecule has 2 aromatic carbocycles. The highest BCUT2D eigenvalue weighted by Crippen LogP contribution is 2.40. The Balaban J connectivity index is 1.63. The van der Waals surface area contributed by atoms with E-state index in [9.17, 15) is 0 Å². The standard InChI is InChI=1S/C22H18ClN3S/c1-2-5-19-18-12-15-6-3-4-7-17(15)21(18)26(25-19)22-24-20(13-27-22)14-8-10-16(23)11-9-14/h3-4,6-11,13H,2,5,12H2,1H3. The lowest BCUT2D eigenvalue weighted by Gasteiger charge is -2.04. The van der Waals surface area contributed by atoms with Crippen molar-refractivity contribution < 1.29 is 0 Å². The highest BCUT2D eigenvalue weighted by atomic mass is 35.5. The average Bonchev–Trinajstić information content (AvgIpc) is 3.38. The maximum absolute atomic E-state index is 6.01. The monoisotopic (exact) mass is 391 g/mol. The third-order valence-electron chi connectivity index (χ3n) is 5.01. The molecule has 0 fully saturated rings. The van der Waals surface area contributed by atoms with Crippen LogP contribution < -0.4 is 0 Å². The minimum Gasteiger partial charge on any atom is -0.218 e. The van der Waals surface area contributed by atoms with Gasteiger partial charge in [-0.2, -0.15) is 5.10 Å². The molecule has 134 valence electrons. The van der Waals surface area contributed by atoms with E-state index in [-0.39, 0.29) is 0 Å². The molecule has 0 spiro atoms. The molecule has 1 aliphatic rings. The van der Waals surface area contributed by atoms with Crippen molar-refractivity contribution in [2.24, 2.45) is 0 Å². The lowest BCUT2D eigenvalue weighted by atomic mass is 10.1. The van der Waals surface area contributed by atoms with E-state index < -0.39 is 0 Å². The first-order valence-electron chi connectivity index (χ1n) is 9.15. The summed E-state index contributed by atoms with van der Waals surface area (Å²) in [6.07, 6.45) is 3.06. The maximum atomic E-state index is 6.01. The Morgan fingerprint density at radius 3 is 2.74 bits per heavy atom. The number of fused-ring (bicyclic) bond motifs is 3. The van der Waals surface area contributed by atoms with Gasteiger partial charge in [-0.15, -0.1) is 11.3 Å². The number of aryl methyl sites for hydroxylation is 1. The van der Waals surface area contributed by atoms with Crippen molar-refractivity contribution in [3.8, 4) is 27.6 Å². The Kier molecular flexibility index (Phi) is 4.10. The summed E-state index contributed by atoms with van der Waals surface area (Å²) in [6, 6.07) is 16.4. The zero-order valence-electron chi connectivity index (χ0n) is 14.9. The van der Waals surface area contributed by atoms with E-state index in [1.807, 2.05) is 24.3 Å². The van der Waals surface area contributed by atoms with Gasteiger partial charge >= 0.3 is 0 Å². The summed E-state index contributed by atoms with van der Waals surface area (Å²) in [5.41, 5.74) is 8.47. The van der Waals surface area contributed by atoms with E-state index in [0.717, 1.165) is 40.7 Å². The second-order valence-electron chi connectivity index (χ2n) is 6.79. The Morgan fingerprint density at radius 1 is 1.11 bits per heavy atom. The van der Waals surface area contributed by atoms with Gasteiger partial charge in [-0.05, 0) is 24.1 Å². The Labute approximate surface area is 167 Å². The van der Waals surface area contributed by atoms with Crippen LogP contribution in [0.4, 0.5) is 0 Å². The highest BCUT2D eigenvalue weighted by molar-refractivity contribution is 7.12. The van der Waals surface area contributed by atoms with E-state index in [2.05, 4.69) is 41.3 Å². The molecular formula is C22H18ClN3S. The predicted molar refractivity (Wildman–Crippen MR) is 112 cm³/mol. The van der Waals surface area contributed by atoms with Gasteiger partial charge in [0, 0.05) is 33.5 Å². The van der Waals surface area contributed by atoms with Crippen LogP contribution in [-0.2, 0) is 12.8 Å². The molecule has 5 rings (SSSR count). The van der Waals surface area contributed by atoms with Gasteiger partial charge in [0.2, 0.25) is 5.13 Å². The van der Waals surface area contributed by atoms with Crippen molar-refractivity contribution in [2.75, 3.05) is 0 Å². The van der Waals surface area contributed by atoms with Crippen LogP contribution in [0.3, 0.4) is 0 Å². The highest BCUT2D eigenvalue weighted by Gasteiger charge is 2.28. The largest absolute Gasteiger partial charge is 0.218 e. The number of thiazole rings is 1. The van der Waals surface area contributed by atoms with Crippen LogP contribution in [0.2, 0.25) is 5.02 Å². The molecule has 1 aliphatic carbocycles. The number of hydrogen-bond donors (Lipinski definition) is 0. The van der Waals surface area contributed by atoms with Gasteiger partial charge in [0.15, 0.2) is 0 Å². The molecular weight excluding hydrogens is 374 g/mol. The summed E-state index contributed by atoms with van der Waals surface area (Å²) in [6.45, 7) is 2.20. The molecule has 0 unspecified atom stereocenters. The lowest BCUT2D eigenvalue weighted by Crippen LogP contribution is -2.00. The molecule has 3 nitrogen and oxygen atoms in total. The Bertz CT molecular complexity index is 1120. The zero-order valence-corrected chi connectivity index (χ0v) is 16.5. The quantitative estimate of drug-likeness (QED) is 0.366. The van der Waals surface area contributed by atoms with E-state index >= 15 is 0 Å². The Morgan fingerprint density at radius 2 is 1.93 bits per heavy atom. The van der Waals surface area contributed by atoms with Gasteiger partial charge in [0.05, 0.1) is 17.1 Å². The fourth-order valence-electron chi connectivity index (χ4n) is 3.74. The number of hydrogen-bond acceptors (Lipinski definition) is 3. The predicted octanol–water partition coefficient (Wildman–Crippen LogP) is 6.17. The van der Waals surface area contributed by atoms with Crippen molar-refractivity contribution in [3.05, 3.63) is 75.8 Å². The molecule has 0 saturated carbocycles. The molecule has 5 heteroatoms. The fraction of sp³-hybridized carbons (Fsp3) is 0.182. The van der Waals surface area contributed by atoms with Crippen LogP contribution in [0.15, 0.2) is 53.9 Å². The second kappa shape index (κ2) is 6.63. The van der Waals surface area contributed by atoms with Crippen molar-refractivity contribution in [3.63, 3.8) is 0 Å². The van der Waals surface area contributed by atoms with Crippen molar-refractivity contribution in [2.45, 2.75) is 26.2 Å². The van der Waals surface area contributed by atoms with Gasteiger partial charge in [-0.25, -0.2) is 9.67 Å². The first-order chi connectivity index (χ1) is 13.2. The van der Waals surface area contributed by atoms with Crippen LogP contribution >= 0.6 is 22.9 Å². The maximum Gasteiger partial charge on any atom is 0.211 e. The molecule has 27 heavy (non-hydrogen) atoms. The van der Waals surface area contributed by atoms with Crippen LogP contribution in [0.5, 0.6) is 0 Å². The molecule has 4 aromatic rings. The second-order valence-corrected chi connectivity index (χ2v) is 8.06. The summed E-state index contributed by atoms with van der Waals surface area (Å²) >= 11 is 7.64. The molecule has 0 aliphatic heterocycles. The summed E-state index contributed by atoms with van der Waals surface area (Å²) in [5.74, 6) is 0. The van der Waals surface area contributed by atoms with Gasteiger partial charge < -0.3 is 0 Å². The first kappa shape index (κ1) is 16.7. The number of rotatable bonds is 4. The average molecular weight is 392 g/mol. The van der Waals surface area contributed by atoms with Crippen LogP contribution in [0, 0.1) is 0 Å². The third kappa shape index (κ3) is 2.80. The summed E-state index contributed by atoms with van der Waals surface area (Å²) in [7, 11) is 0.